The number of aromatic nitrogens is 4. The molecule has 5 rings (SSSR count). The predicted octanol–water partition coefficient (Wildman–Crippen LogP) is 3.27. The summed E-state index contributed by atoms with van der Waals surface area (Å²) in [5.41, 5.74) is 1.75. The highest BCUT2D eigenvalue weighted by Gasteiger charge is 2.43. The standard InChI is InChI=1S/C20H20N4O4/c1-20(12-4-5-21-18(6-12)26-13-2-3-13)8-14(9-20)27-19-11-22-15(10-23-19)16-7-17(25)24-28-16/h4-7,10-11,13-14H,2-3,8-9H2,1H3,(H,24,25)/t14-,20-. The van der Waals surface area contributed by atoms with Crippen LogP contribution < -0.4 is 9.47 Å². The van der Waals surface area contributed by atoms with E-state index in [4.69, 9.17) is 14.0 Å². The number of pyridine rings is 1. The third-order valence-electron chi connectivity index (χ3n) is 5.27. The van der Waals surface area contributed by atoms with E-state index in [1.807, 2.05) is 6.20 Å². The van der Waals surface area contributed by atoms with Crippen molar-refractivity contribution < 1.29 is 19.1 Å². The number of hydrogen-bond donors (Lipinski definition) is 1. The Morgan fingerprint density at radius 1 is 1.04 bits per heavy atom. The fraction of sp³-hybridized carbons (Fsp3) is 0.400. The average molecular weight is 380 g/mol. The second-order valence-corrected chi connectivity index (χ2v) is 7.70. The van der Waals surface area contributed by atoms with Crippen molar-refractivity contribution in [2.75, 3.05) is 0 Å². The van der Waals surface area contributed by atoms with Gasteiger partial charge in [-0.3, -0.25) is 0 Å². The Kier molecular flexibility index (Phi) is 3.92. The molecule has 0 radical (unpaired) electrons. The Labute approximate surface area is 161 Å². The highest BCUT2D eigenvalue weighted by atomic mass is 16.5. The van der Waals surface area contributed by atoms with Crippen LogP contribution in [0.5, 0.6) is 17.6 Å². The number of ether oxygens (including phenoxy) is 2. The van der Waals surface area contributed by atoms with E-state index in [2.05, 4.69) is 39.2 Å². The highest BCUT2D eigenvalue weighted by Crippen LogP contribution is 2.45. The van der Waals surface area contributed by atoms with Crippen molar-refractivity contribution in [2.45, 2.75) is 50.2 Å². The number of rotatable bonds is 6. The maximum absolute atomic E-state index is 9.24. The fourth-order valence-corrected chi connectivity index (χ4v) is 3.53. The summed E-state index contributed by atoms with van der Waals surface area (Å²) in [6.45, 7) is 2.23. The van der Waals surface area contributed by atoms with Gasteiger partial charge in [-0.15, -0.1) is 0 Å². The molecule has 144 valence electrons. The van der Waals surface area contributed by atoms with Gasteiger partial charge >= 0.3 is 0 Å². The Bertz CT molecular complexity index is 978. The summed E-state index contributed by atoms with van der Waals surface area (Å²) >= 11 is 0. The van der Waals surface area contributed by atoms with Crippen LogP contribution in [0.2, 0.25) is 0 Å². The van der Waals surface area contributed by atoms with Gasteiger partial charge in [0, 0.05) is 12.3 Å². The summed E-state index contributed by atoms with van der Waals surface area (Å²) in [6.07, 6.45) is 9.36. The van der Waals surface area contributed by atoms with E-state index < -0.39 is 0 Å². The van der Waals surface area contributed by atoms with Crippen molar-refractivity contribution in [1.82, 2.24) is 20.1 Å². The summed E-state index contributed by atoms with van der Waals surface area (Å²) in [5, 5.41) is 12.7. The molecule has 0 bridgehead atoms. The quantitative estimate of drug-likeness (QED) is 0.695. The molecule has 0 aromatic carbocycles. The molecule has 2 saturated carbocycles. The minimum atomic E-state index is -0.187. The zero-order chi connectivity index (χ0) is 19.1. The van der Waals surface area contributed by atoms with Crippen LogP contribution in [0, 0.1) is 0 Å². The van der Waals surface area contributed by atoms with Gasteiger partial charge in [-0.2, -0.15) is 0 Å². The Balaban J connectivity index is 1.21. The molecule has 0 atom stereocenters. The predicted molar refractivity (Wildman–Crippen MR) is 98.1 cm³/mol. The van der Waals surface area contributed by atoms with Crippen LogP contribution in [0.4, 0.5) is 0 Å². The lowest BCUT2D eigenvalue weighted by atomic mass is 9.64. The maximum atomic E-state index is 9.24. The van der Waals surface area contributed by atoms with Crippen molar-refractivity contribution in [1.29, 1.82) is 0 Å². The van der Waals surface area contributed by atoms with E-state index in [1.165, 1.54) is 17.8 Å². The summed E-state index contributed by atoms with van der Waals surface area (Å²) in [7, 11) is 0. The summed E-state index contributed by atoms with van der Waals surface area (Å²) < 4.78 is 16.7. The lowest BCUT2D eigenvalue weighted by molar-refractivity contribution is 0.0439. The van der Waals surface area contributed by atoms with E-state index in [-0.39, 0.29) is 17.4 Å². The van der Waals surface area contributed by atoms with Gasteiger partial charge in [0.1, 0.15) is 17.9 Å². The molecule has 3 aromatic heterocycles. The fourth-order valence-electron chi connectivity index (χ4n) is 3.53. The third kappa shape index (κ3) is 3.37. The van der Waals surface area contributed by atoms with E-state index in [0.717, 1.165) is 25.7 Å². The Morgan fingerprint density at radius 3 is 2.54 bits per heavy atom. The first-order valence-electron chi connectivity index (χ1n) is 9.35. The minimum Gasteiger partial charge on any atom is -0.491 e. The van der Waals surface area contributed by atoms with Crippen LogP contribution in [0.15, 0.2) is 41.3 Å². The molecule has 3 aromatic rings. The third-order valence-corrected chi connectivity index (χ3v) is 5.27. The molecular formula is C20H20N4O4. The van der Waals surface area contributed by atoms with Crippen molar-refractivity contribution in [3.8, 4) is 29.1 Å². The molecule has 2 aliphatic rings. The molecule has 0 unspecified atom stereocenters. The molecule has 3 heterocycles. The summed E-state index contributed by atoms with van der Waals surface area (Å²) in [4.78, 5) is 12.8. The Hall–Kier alpha value is -3.16. The molecule has 28 heavy (non-hydrogen) atoms. The summed E-state index contributed by atoms with van der Waals surface area (Å²) in [6, 6.07) is 5.49. The van der Waals surface area contributed by atoms with Crippen LogP contribution in [-0.2, 0) is 5.41 Å². The second-order valence-electron chi connectivity index (χ2n) is 7.70. The first kappa shape index (κ1) is 17.0. The van der Waals surface area contributed by atoms with Crippen LogP contribution >= 0.6 is 0 Å². The molecule has 0 aliphatic heterocycles. The van der Waals surface area contributed by atoms with Crippen molar-refractivity contribution in [3.05, 3.63) is 42.4 Å². The van der Waals surface area contributed by atoms with Gasteiger partial charge in [0.25, 0.3) is 5.88 Å². The first-order chi connectivity index (χ1) is 13.6. The second kappa shape index (κ2) is 6.47. The molecule has 2 aliphatic carbocycles. The van der Waals surface area contributed by atoms with E-state index in [9.17, 15) is 5.11 Å². The highest BCUT2D eigenvalue weighted by molar-refractivity contribution is 5.51. The molecule has 0 saturated heterocycles. The van der Waals surface area contributed by atoms with Gasteiger partial charge in [-0.05, 0) is 47.9 Å². The van der Waals surface area contributed by atoms with Crippen molar-refractivity contribution in [2.24, 2.45) is 0 Å². The zero-order valence-corrected chi connectivity index (χ0v) is 15.4. The van der Waals surface area contributed by atoms with Crippen molar-refractivity contribution >= 4 is 0 Å². The van der Waals surface area contributed by atoms with Gasteiger partial charge in [0.2, 0.25) is 11.8 Å². The zero-order valence-electron chi connectivity index (χ0n) is 15.4. The smallest absolute Gasteiger partial charge is 0.252 e. The SMILES string of the molecule is C[C@]1(c2ccnc(OC3CC3)c2)C[C@H](Oc2cnc(-c3cc(O)no3)cn2)C1. The lowest BCUT2D eigenvalue weighted by Crippen LogP contribution is -2.45. The largest absolute Gasteiger partial charge is 0.491 e. The van der Waals surface area contributed by atoms with Gasteiger partial charge in [-0.25, -0.2) is 15.0 Å². The normalized spacial score (nSPS) is 23.8. The molecule has 2 fully saturated rings. The van der Waals surface area contributed by atoms with E-state index >= 15 is 0 Å². The average Bonchev–Trinajstić information content (AvgIpc) is 3.38. The number of hydrogen-bond acceptors (Lipinski definition) is 8. The van der Waals surface area contributed by atoms with Crippen LogP contribution in [0.1, 0.15) is 38.2 Å². The van der Waals surface area contributed by atoms with Gasteiger partial charge in [0.15, 0.2) is 5.76 Å². The van der Waals surface area contributed by atoms with Gasteiger partial charge in [0.05, 0.1) is 18.5 Å². The maximum Gasteiger partial charge on any atom is 0.252 e. The lowest BCUT2D eigenvalue weighted by Gasteiger charge is -2.45. The van der Waals surface area contributed by atoms with Crippen LogP contribution in [-0.4, -0.2) is 37.4 Å². The Morgan fingerprint density at radius 2 is 1.86 bits per heavy atom. The van der Waals surface area contributed by atoms with E-state index in [1.54, 1.807) is 6.20 Å². The molecule has 8 heteroatoms. The topological polar surface area (TPSA) is 103 Å². The summed E-state index contributed by atoms with van der Waals surface area (Å²) in [5.74, 6) is 1.35. The van der Waals surface area contributed by atoms with Crippen LogP contribution in [0.3, 0.4) is 0 Å². The van der Waals surface area contributed by atoms with Gasteiger partial charge < -0.3 is 19.1 Å². The number of aromatic hydroxyl groups is 1. The number of nitrogens with zero attached hydrogens (tertiary/aromatic N) is 4. The van der Waals surface area contributed by atoms with Crippen LogP contribution in [0.25, 0.3) is 11.5 Å². The molecule has 0 spiro atoms. The molecular weight excluding hydrogens is 360 g/mol. The minimum absolute atomic E-state index is 0.0417. The van der Waals surface area contributed by atoms with Gasteiger partial charge in [-0.1, -0.05) is 6.92 Å². The van der Waals surface area contributed by atoms with Crippen molar-refractivity contribution in [3.63, 3.8) is 0 Å². The van der Waals surface area contributed by atoms with E-state index in [0.29, 0.717) is 29.3 Å². The molecule has 0 amide bonds. The molecule has 1 N–H and O–H groups in total. The monoisotopic (exact) mass is 380 g/mol. The molecule has 8 nitrogen and oxygen atoms in total. The first-order valence-corrected chi connectivity index (χ1v) is 9.35.